The van der Waals surface area contributed by atoms with Crippen LogP contribution in [0.2, 0.25) is 0 Å². The van der Waals surface area contributed by atoms with Gasteiger partial charge in [-0.15, -0.1) is 0 Å². The largest absolute Gasteiger partial charge is 0.492 e. The van der Waals surface area contributed by atoms with E-state index in [1.165, 1.54) is 29.8 Å². The van der Waals surface area contributed by atoms with Crippen LogP contribution in [0.5, 0.6) is 5.75 Å². The first-order chi connectivity index (χ1) is 14.4. The predicted octanol–water partition coefficient (Wildman–Crippen LogP) is 6.05. The molecule has 5 nitrogen and oxygen atoms in total. The molecule has 2 rings (SSSR count). The van der Waals surface area contributed by atoms with Crippen molar-refractivity contribution in [1.82, 2.24) is 0 Å². The first-order valence-corrected chi connectivity index (χ1v) is 10.4. The highest BCUT2D eigenvalue weighted by atomic mass is 79.9. The number of nitrogens with one attached hydrogen (secondary N) is 2. The van der Waals surface area contributed by atoms with Crippen LogP contribution in [-0.2, 0) is 15.0 Å². The predicted molar refractivity (Wildman–Crippen MR) is 117 cm³/mol. The van der Waals surface area contributed by atoms with Gasteiger partial charge in [-0.25, -0.2) is 0 Å². The summed E-state index contributed by atoms with van der Waals surface area (Å²) in [6.07, 6.45) is -4.26. The van der Waals surface area contributed by atoms with Crippen LogP contribution in [0.15, 0.2) is 46.9 Å². The molecule has 31 heavy (non-hydrogen) atoms. The Morgan fingerprint density at radius 1 is 0.968 bits per heavy atom. The molecule has 9 heteroatoms. The molecule has 0 unspecified atom stereocenters. The van der Waals surface area contributed by atoms with Gasteiger partial charge in [0, 0.05) is 17.8 Å². The average molecular weight is 501 g/mol. The lowest BCUT2D eigenvalue weighted by Gasteiger charge is -2.20. The molecule has 2 amide bonds. The molecule has 168 valence electrons. The summed E-state index contributed by atoms with van der Waals surface area (Å²) >= 11 is 3.50. The highest BCUT2D eigenvalue weighted by Crippen LogP contribution is 2.31. The number of alkyl halides is 3. The molecule has 0 heterocycles. The van der Waals surface area contributed by atoms with Crippen LogP contribution >= 0.6 is 15.9 Å². The van der Waals surface area contributed by atoms with Crippen LogP contribution in [0, 0.1) is 0 Å². The summed E-state index contributed by atoms with van der Waals surface area (Å²) in [5.41, 5.74) is 1.60. The summed E-state index contributed by atoms with van der Waals surface area (Å²) in [5, 5.41) is 4.39. The van der Waals surface area contributed by atoms with Gasteiger partial charge in [-0.05, 0) is 69.7 Å². The molecule has 2 aromatic carbocycles. The molecule has 0 aliphatic heterocycles. The first-order valence-electron chi connectivity index (χ1n) is 9.57. The zero-order valence-electron chi connectivity index (χ0n) is 17.4. The number of benzene rings is 2. The summed E-state index contributed by atoms with van der Waals surface area (Å²) < 4.78 is 43.3. The Morgan fingerprint density at radius 2 is 1.55 bits per heavy atom. The molecular formula is C22H24BrF3N2O3. The number of rotatable bonds is 7. The quantitative estimate of drug-likeness (QED) is 0.455. The molecule has 0 radical (unpaired) electrons. The third kappa shape index (κ3) is 7.90. The van der Waals surface area contributed by atoms with Crippen molar-refractivity contribution in [3.63, 3.8) is 0 Å². The van der Waals surface area contributed by atoms with E-state index >= 15 is 0 Å². The number of carbonyl (C=O) groups is 2. The standard InChI is InChI=1S/C22H24BrF3N2O3/c1-21(2,3)14-6-11-18(17(23)13-14)31-12-4-5-19(29)27-15-7-9-16(10-8-15)28-20(30)22(24,25)26/h6-11,13H,4-5,12H2,1-3H3,(H,27,29)(H,28,30). The molecule has 0 bridgehead atoms. The normalized spacial score (nSPS) is 11.7. The Morgan fingerprint density at radius 3 is 2.06 bits per heavy atom. The van der Waals surface area contributed by atoms with Crippen LogP contribution in [-0.4, -0.2) is 24.6 Å². The number of hydrogen-bond donors (Lipinski definition) is 2. The lowest BCUT2D eigenvalue weighted by Crippen LogP contribution is -2.29. The number of halogens is 4. The van der Waals surface area contributed by atoms with Gasteiger partial charge >= 0.3 is 12.1 Å². The smallest absolute Gasteiger partial charge is 0.471 e. The maximum Gasteiger partial charge on any atom is 0.471 e. The van der Waals surface area contributed by atoms with E-state index in [9.17, 15) is 22.8 Å². The average Bonchev–Trinajstić information content (AvgIpc) is 2.66. The zero-order chi connectivity index (χ0) is 23.2. The molecule has 0 saturated heterocycles. The fraction of sp³-hybridized carbons (Fsp3) is 0.364. The molecule has 0 fully saturated rings. The van der Waals surface area contributed by atoms with Crippen molar-refractivity contribution in [3.8, 4) is 5.75 Å². The van der Waals surface area contributed by atoms with Crippen LogP contribution < -0.4 is 15.4 Å². The third-order valence-electron chi connectivity index (χ3n) is 4.29. The zero-order valence-corrected chi connectivity index (χ0v) is 19.0. The van der Waals surface area contributed by atoms with E-state index in [2.05, 4.69) is 42.0 Å². The van der Waals surface area contributed by atoms with Crippen molar-refractivity contribution in [3.05, 3.63) is 52.5 Å². The summed E-state index contributed by atoms with van der Waals surface area (Å²) in [4.78, 5) is 23.0. The van der Waals surface area contributed by atoms with Crippen LogP contribution in [0.4, 0.5) is 24.5 Å². The van der Waals surface area contributed by atoms with Crippen molar-refractivity contribution in [2.24, 2.45) is 0 Å². The minimum atomic E-state index is -4.96. The Kier molecular flexibility index (Phi) is 8.11. The monoisotopic (exact) mass is 500 g/mol. The van der Waals surface area contributed by atoms with Crippen molar-refractivity contribution in [2.45, 2.75) is 45.2 Å². The van der Waals surface area contributed by atoms with Crippen molar-refractivity contribution >= 4 is 39.1 Å². The van der Waals surface area contributed by atoms with E-state index in [4.69, 9.17) is 4.74 Å². The fourth-order valence-electron chi connectivity index (χ4n) is 2.56. The number of anilines is 2. The molecule has 0 spiro atoms. The Bertz CT molecular complexity index is 923. The van der Waals surface area contributed by atoms with E-state index in [1.54, 1.807) is 5.32 Å². The van der Waals surface area contributed by atoms with Gasteiger partial charge in [0.15, 0.2) is 0 Å². The molecule has 0 saturated carbocycles. The summed E-state index contributed by atoms with van der Waals surface area (Å²) in [7, 11) is 0. The maximum atomic E-state index is 12.2. The Balaban J connectivity index is 1.77. The minimum Gasteiger partial charge on any atom is -0.492 e. The lowest BCUT2D eigenvalue weighted by molar-refractivity contribution is -0.167. The van der Waals surface area contributed by atoms with Crippen LogP contribution in [0.3, 0.4) is 0 Å². The van der Waals surface area contributed by atoms with Gasteiger partial charge in [0.05, 0.1) is 11.1 Å². The highest BCUT2D eigenvalue weighted by molar-refractivity contribution is 9.10. The SMILES string of the molecule is CC(C)(C)c1ccc(OCCCC(=O)Nc2ccc(NC(=O)C(F)(F)F)cc2)c(Br)c1. The number of amides is 2. The minimum absolute atomic E-state index is 0.0169. The molecule has 0 atom stereocenters. The maximum absolute atomic E-state index is 12.2. The van der Waals surface area contributed by atoms with Crippen molar-refractivity contribution in [2.75, 3.05) is 17.2 Å². The molecular weight excluding hydrogens is 477 g/mol. The van der Waals surface area contributed by atoms with Gasteiger partial charge < -0.3 is 15.4 Å². The van der Waals surface area contributed by atoms with E-state index in [-0.39, 0.29) is 23.4 Å². The number of ether oxygens (including phenoxy) is 1. The molecule has 2 N–H and O–H groups in total. The van der Waals surface area contributed by atoms with Gasteiger partial charge in [0.2, 0.25) is 5.91 Å². The second kappa shape index (κ2) is 10.2. The molecule has 0 aromatic heterocycles. The van der Waals surface area contributed by atoms with Crippen LogP contribution in [0.1, 0.15) is 39.2 Å². The highest BCUT2D eigenvalue weighted by Gasteiger charge is 2.38. The topological polar surface area (TPSA) is 67.4 Å². The van der Waals surface area contributed by atoms with Gasteiger partial charge in [-0.2, -0.15) is 13.2 Å². The van der Waals surface area contributed by atoms with Crippen molar-refractivity contribution in [1.29, 1.82) is 0 Å². The van der Waals surface area contributed by atoms with Gasteiger partial charge in [-0.3, -0.25) is 9.59 Å². The van der Waals surface area contributed by atoms with Gasteiger partial charge in [0.25, 0.3) is 0 Å². The number of carbonyl (C=O) groups excluding carboxylic acids is 2. The Labute approximate surface area is 187 Å². The summed E-state index contributed by atoms with van der Waals surface area (Å²) in [5.74, 6) is -1.60. The lowest BCUT2D eigenvalue weighted by atomic mass is 9.87. The molecule has 0 aliphatic rings. The summed E-state index contributed by atoms with van der Waals surface area (Å²) in [6.45, 7) is 6.73. The Hall–Kier alpha value is -2.55. The molecule has 0 aliphatic carbocycles. The van der Waals surface area contributed by atoms with E-state index in [1.807, 2.05) is 18.2 Å². The second-order valence-corrected chi connectivity index (χ2v) is 8.78. The summed E-state index contributed by atoms with van der Waals surface area (Å²) in [6, 6.07) is 11.3. The van der Waals surface area contributed by atoms with Gasteiger partial charge in [0.1, 0.15) is 5.75 Å². The fourth-order valence-corrected chi connectivity index (χ4v) is 3.05. The first kappa shape index (κ1) is 24.7. The van der Waals surface area contributed by atoms with Crippen LogP contribution in [0.25, 0.3) is 0 Å². The number of hydrogen-bond acceptors (Lipinski definition) is 3. The third-order valence-corrected chi connectivity index (χ3v) is 4.91. The van der Waals surface area contributed by atoms with Crippen molar-refractivity contribution < 1.29 is 27.5 Å². The second-order valence-electron chi connectivity index (χ2n) is 7.92. The van der Waals surface area contributed by atoms with E-state index < -0.39 is 12.1 Å². The van der Waals surface area contributed by atoms with Gasteiger partial charge in [-0.1, -0.05) is 26.8 Å². The van der Waals surface area contributed by atoms with E-state index in [0.717, 1.165) is 4.47 Å². The molecule has 2 aromatic rings. The van der Waals surface area contributed by atoms with E-state index in [0.29, 0.717) is 24.5 Å².